The molecule has 7 heteroatoms. The molecule has 0 amide bonds. The van der Waals surface area contributed by atoms with E-state index in [1.54, 1.807) is 6.20 Å². The van der Waals surface area contributed by atoms with Gasteiger partial charge in [0.15, 0.2) is 5.43 Å². The Labute approximate surface area is 102 Å². The molecule has 0 spiro atoms. The molecule has 1 N–H and O–H groups in total. The van der Waals surface area contributed by atoms with Crippen LogP contribution in [0.4, 0.5) is 19.0 Å². The third kappa shape index (κ3) is 3.49. The summed E-state index contributed by atoms with van der Waals surface area (Å²) in [6, 6.07) is 2.86. The van der Waals surface area contributed by atoms with Crippen LogP contribution in [0.2, 0.25) is 0 Å². The van der Waals surface area contributed by atoms with E-state index >= 15 is 0 Å². The summed E-state index contributed by atoms with van der Waals surface area (Å²) in [4.78, 5) is 17.4. The van der Waals surface area contributed by atoms with Crippen molar-refractivity contribution in [2.45, 2.75) is 6.18 Å². The number of pyridine rings is 1. The molecular formula is C11H14F3N3O. The second-order valence-electron chi connectivity index (χ2n) is 4.29. The molecular weight excluding hydrogens is 247 g/mol. The van der Waals surface area contributed by atoms with E-state index in [0.29, 0.717) is 32.0 Å². The molecule has 1 aromatic heterocycles. The van der Waals surface area contributed by atoms with E-state index in [2.05, 4.69) is 4.98 Å². The molecule has 2 heterocycles. The number of hydrogen-bond donors (Lipinski definition) is 1. The van der Waals surface area contributed by atoms with Crippen molar-refractivity contribution in [2.24, 2.45) is 0 Å². The fraction of sp³-hybridized carbons (Fsp3) is 0.545. The van der Waals surface area contributed by atoms with E-state index < -0.39 is 12.7 Å². The first-order valence-electron chi connectivity index (χ1n) is 5.67. The Balaban J connectivity index is 1.93. The Morgan fingerprint density at radius 1 is 1.22 bits per heavy atom. The lowest BCUT2D eigenvalue weighted by atomic mass is 10.3. The number of aromatic amines is 1. The van der Waals surface area contributed by atoms with Crippen molar-refractivity contribution in [3.05, 3.63) is 28.6 Å². The Bertz CT molecular complexity index is 449. The largest absolute Gasteiger partial charge is 0.401 e. The van der Waals surface area contributed by atoms with Crippen LogP contribution in [0, 0.1) is 0 Å². The molecule has 1 fully saturated rings. The molecule has 0 atom stereocenters. The number of nitrogens with one attached hydrogen (secondary N) is 1. The third-order valence-corrected chi connectivity index (χ3v) is 2.87. The number of anilines is 1. The van der Waals surface area contributed by atoms with Gasteiger partial charge in [0.1, 0.15) is 5.82 Å². The fourth-order valence-electron chi connectivity index (χ4n) is 2.02. The van der Waals surface area contributed by atoms with Crippen molar-refractivity contribution in [2.75, 3.05) is 37.6 Å². The molecule has 0 bridgehead atoms. The minimum absolute atomic E-state index is 0.110. The van der Waals surface area contributed by atoms with Crippen LogP contribution >= 0.6 is 0 Å². The first-order valence-corrected chi connectivity index (χ1v) is 5.67. The van der Waals surface area contributed by atoms with Gasteiger partial charge >= 0.3 is 6.18 Å². The zero-order chi connectivity index (χ0) is 13.2. The maximum atomic E-state index is 12.2. The predicted octanol–water partition coefficient (Wildman–Crippen LogP) is 1.06. The lowest BCUT2D eigenvalue weighted by Gasteiger charge is -2.35. The maximum Gasteiger partial charge on any atom is 0.401 e. The first-order chi connectivity index (χ1) is 8.44. The molecule has 2 rings (SSSR count). The summed E-state index contributed by atoms with van der Waals surface area (Å²) in [5.74, 6) is 0.661. The zero-order valence-corrected chi connectivity index (χ0v) is 9.70. The van der Waals surface area contributed by atoms with Gasteiger partial charge in [-0.25, -0.2) is 0 Å². The highest BCUT2D eigenvalue weighted by Crippen LogP contribution is 2.18. The van der Waals surface area contributed by atoms with Gasteiger partial charge in [0.25, 0.3) is 0 Å². The number of piperazine rings is 1. The minimum Gasteiger partial charge on any atom is -0.356 e. The van der Waals surface area contributed by atoms with Gasteiger partial charge in [-0.2, -0.15) is 13.2 Å². The number of aromatic nitrogens is 1. The molecule has 0 aromatic carbocycles. The van der Waals surface area contributed by atoms with Crippen LogP contribution < -0.4 is 10.3 Å². The minimum atomic E-state index is -4.15. The number of alkyl halides is 3. The van der Waals surface area contributed by atoms with E-state index in [-0.39, 0.29) is 5.43 Å². The normalized spacial score (nSPS) is 18.1. The van der Waals surface area contributed by atoms with Crippen molar-refractivity contribution in [1.29, 1.82) is 0 Å². The average molecular weight is 261 g/mol. The molecule has 1 saturated heterocycles. The average Bonchev–Trinajstić information content (AvgIpc) is 2.28. The summed E-state index contributed by atoms with van der Waals surface area (Å²) in [5.41, 5.74) is -0.110. The van der Waals surface area contributed by atoms with Crippen LogP contribution in [-0.4, -0.2) is 48.8 Å². The number of H-pyrrole nitrogens is 1. The molecule has 0 radical (unpaired) electrons. The van der Waals surface area contributed by atoms with E-state index in [1.165, 1.54) is 17.0 Å². The lowest BCUT2D eigenvalue weighted by Crippen LogP contribution is -2.49. The summed E-state index contributed by atoms with van der Waals surface area (Å²) in [5, 5.41) is 0. The Kier molecular flexibility index (Phi) is 3.60. The lowest BCUT2D eigenvalue weighted by molar-refractivity contribution is -0.146. The van der Waals surface area contributed by atoms with Crippen molar-refractivity contribution < 1.29 is 13.2 Å². The van der Waals surface area contributed by atoms with Crippen molar-refractivity contribution >= 4 is 5.82 Å². The summed E-state index contributed by atoms with van der Waals surface area (Å²) < 4.78 is 36.6. The van der Waals surface area contributed by atoms with Gasteiger partial charge in [-0.15, -0.1) is 0 Å². The van der Waals surface area contributed by atoms with Gasteiger partial charge < -0.3 is 9.88 Å². The van der Waals surface area contributed by atoms with Gasteiger partial charge in [0, 0.05) is 44.5 Å². The number of hydrogen-bond acceptors (Lipinski definition) is 3. The number of rotatable bonds is 2. The maximum absolute atomic E-state index is 12.2. The SMILES string of the molecule is O=c1cc[nH]c(N2CCN(CC(F)(F)F)CC2)c1. The standard InChI is InChI=1S/C11H14F3N3O/c12-11(13,14)8-16-3-5-17(6-4-16)10-7-9(18)1-2-15-10/h1-2,7H,3-6,8H2,(H,15,18). The molecule has 18 heavy (non-hydrogen) atoms. The molecule has 100 valence electrons. The second kappa shape index (κ2) is 5.01. The van der Waals surface area contributed by atoms with E-state index in [1.807, 2.05) is 4.90 Å². The van der Waals surface area contributed by atoms with Crippen LogP contribution in [0.25, 0.3) is 0 Å². The highest BCUT2D eigenvalue weighted by Gasteiger charge is 2.32. The fourth-order valence-corrected chi connectivity index (χ4v) is 2.02. The molecule has 0 aliphatic carbocycles. The number of halogens is 3. The van der Waals surface area contributed by atoms with E-state index in [4.69, 9.17) is 0 Å². The highest BCUT2D eigenvalue weighted by molar-refractivity contribution is 5.38. The topological polar surface area (TPSA) is 39.3 Å². The first kappa shape index (κ1) is 12.9. The molecule has 1 aliphatic rings. The quantitative estimate of drug-likeness (QED) is 0.865. The van der Waals surface area contributed by atoms with Gasteiger partial charge in [0.2, 0.25) is 0 Å². The Morgan fingerprint density at radius 2 is 1.89 bits per heavy atom. The third-order valence-electron chi connectivity index (χ3n) is 2.87. The molecule has 1 aromatic rings. The van der Waals surface area contributed by atoms with Crippen molar-refractivity contribution in [3.8, 4) is 0 Å². The highest BCUT2D eigenvalue weighted by atomic mass is 19.4. The monoisotopic (exact) mass is 261 g/mol. The summed E-state index contributed by atoms with van der Waals surface area (Å²) in [7, 11) is 0. The van der Waals surface area contributed by atoms with Crippen LogP contribution in [0.15, 0.2) is 23.1 Å². The molecule has 0 saturated carbocycles. The van der Waals surface area contributed by atoms with Crippen LogP contribution in [0.3, 0.4) is 0 Å². The zero-order valence-electron chi connectivity index (χ0n) is 9.70. The second-order valence-corrected chi connectivity index (χ2v) is 4.29. The van der Waals surface area contributed by atoms with E-state index in [0.717, 1.165) is 0 Å². The smallest absolute Gasteiger partial charge is 0.356 e. The van der Waals surface area contributed by atoms with Crippen LogP contribution in [-0.2, 0) is 0 Å². The van der Waals surface area contributed by atoms with Gasteiger partial charge in [-0.05, 0) is 0 Å². The van der Waals surface area contributed by atoms with Gasteiger partial charge in [0.05, 0.1) is 6.54 Å². The molecule has 0 unspecified atom stereocenters. The van der Waals surface area contributed by atoms with Gasteiger partial charge in [-0.1, -0.05) is 0 Å². The van der Waals surface area contributed by atoms with Crippen molar-refractivity contribution in [1.82, 2.24) is 9.88 Å². The summed E-state index contributed by atoms with van der Waals surface area (Å²) >= 11 is 0. The molecule has 4 nitrogen and oxygen atoms in total. The van der Waals surface area contributed by atoms with Gasteiger partial charge in [-0.3, -0.25) is 9.69 Å². The Morgan fingerprint density at radius 3 is 2.44 bits per heavy atom. The van der Waals surface area contributed by atoms with E-state index in [9.17, 15) is 18.0 Å². The van der Waals surface area contributed by atoms with Crippen LogP contribution in [0.1, 0.15) is 0 Å². The van der Waals surface area contributed by atoms with Crippen LogP contribution in [0.5, 0.6) is 0 Å². The molecule has 1 aliphatic heterocycles. The number of nitrogens with zero attached hydrogens (tertiary/aromatic N) is 2. The van der Waals surface area contributed by atoms with Crippen molar-refractivity contribution in [3.63, 3.8) is 0 Å². The summed E-state index contributed by atoms with van der Waals surface area (Å²) in [6.45, 7) is 0.783. The predicted molar refractivity (Wildman–Crippen MR) is 61.8 cm³/mol. The summed E-state index contributed by atoms with van der Waals surface area (Å²) in [6.07, 6.45) is -2.61. The Hall–Kier alpha value is -1.50.